The molecule has 3 atom stereocenters. The van der Waals surface area contributed by atoms with Crippen molar-refractivity contribution < 1.29 is 28.3 Å². The zero-order valence-corrected chi connectivity index (χ0v) is 25.0. The quantitative estimate of drug-likeness (QED) is 0.283. The van der Waals surface area contributed by atoms with Crippen molar-refractivity contribution in [1.29, 1.82) is 0 Å². The van der Waals surface area contributed by atoms with Gasteiger partial charge < -0.3 is 23.6 Å². The van der Waals surface area contributed by atoms with Crippen LogP contribution in [0.15, 0.2) is 16.7 Å². The summed E-state index contributed by atoms with van der Waals surface area (Å²) in [6.07, 6.45) is 12.6. The molecule has 0 N–H and O–H groups in total. The van der Waals surface area contributed by atoms with Crippen molar-refractivity contribution in [3.05, 3.63) is 34.7 Å². The Balaban J connectivity index is 1.03. The molecule has 4 heterocycles. The van der Waals surface area contributed by atoms with Gasteiger partial charge in [-0.3, -0.25) is 0 Å². The van der Waals surface area contributed by atoms with Gasteiger partial charge in [-0.15, -0.1) is 0 Å². The van der Waals surface area contributed by atoms with Crippen LogP contribution >= 0.6 is 11.3 Å². The van der Waals surface area contributed by atoms with Gasteiger partial charge in [-0.25, -0.2) is 14.6 Å². The van der Waals surface area contributed by atoms with E-state index in [2.05, 4.69) is 10.1 Å². The van der Waals surface area contributed by atoms with E-state index in [1.165, 1.54) is 26.4 Å². The van der Waals surface area contributed by atoms with Crippen molar-refractivity contribution >= 4 is 38.6 Å². The number of anilines is 1. The van der Waals surface area contributed by atoms with E-state index in [9.17, 15) is 9.59 Å². The third kappa shape index (κ3) is 4.23. The third-order valence-electron chi connectivity index (χ3n) is 10.8. The molecule has 10 heteroatoms. The van der Waals surface area contributed by atoms with Crippen LogP contribution in [0.3, 0.4) is 0 Å². The predicted molar refractivity (Wildman–Crippen MR) is 157 cm³/mol. The molecule has 6 aliphatic rings. The molecule has 42 heavy (non-hydrogen) atoms. The van der Waals surface area contributed by atoms with Crippen molar-refractivity contribution in [3.8, 4) is 5.75 Å². The molecule has 2 aliphatic heterocycles. The molecule has 0 spiro atoms. The molecule has 9 nitrogen and oxygen atoms in total. The fourth-order valence-electron chi connectivity index (χ4n) is 8.33. The molecule has 0 amide bonds. The lowest BCUT2D eigenvalue weighted by atomic mass is 9.59. The van der Waals surface area contributed by atoms with Crippen LogP contribution in [0.2, 0.25) is 0 Å². The molecular formula is C32H37N3O6S. The lowest BCUT2D eigenvalue weighted by Crippen LogP contribution is -2.46. The third-order valence-corrected chi connectivity index (χ3v) is 11.8. The van der Waals surface area contributed by atoms with Gasteiger partial charge in [0.1, 0.15) is 28.7 Å². The molecule has 9 rings (SSSR count). The first kappa shape index (κ1) is 26.5. The number of nitrogens with zero attached hydrogens (tertiary/aromatic N) is 3. The van der Waals surface area contributed by atoms with Crippen LogP contribution in [0.25, 0.3) is 10.2 Å². The summed E-state index contributed by atoms with van der Waals surface area (Å²) in [4.78, 5) is 33.6. The lowest BCUT2D eigenvalue weighted by molar-refractivity contribution is 0.0195. The Kier molecular flexibility index (Phi) is 6.28. The van der Waals surface area contributed by atoms with E-state index in [1.807, 2.05) is 12.1 Å². The number of rotatable bonds is 7. The topological polar surface area (TPSA) is 104 Å². The fourth-order valence-corrected chi connectivity index (χ4v) is 9.46. The highest BCUT2D eigenvalue weighted by Gasteiger charge is 2.49. The Hall–Kier alpha value is -3.14. The average Bonchev–Trinajstić information content (AvgIpc) is 3.51. The number of carbonyl (C=O) groups excluding carboxylic acids is 2. The molecule has 2 aromatic heterocycles. The number of ether oxygens (including phenoxy) is 3. The molecule has 2 saturated heterocycles. The maximum Gasteiger partial charge on any atom is 0.344 e. The SMILES string of the molecule is COC(=O)c1cc2sc(N3[C@@H]4CC[C@H]3C[C@H](OC(=O)c3c(C56CCC(CC5)CC6)noc3C3CC3)C4)nc2cc1OC. The van der Waals surface area contributed by atoms with Crippen molar-refractivity contribution in [1.82, 2.24) is 10.1 Å². The van der Waals surface area contributed by atoms with Gasteiger partial charge in [-0.1, -0.05) is 16.5 Å². The second-order valence-electron chi connectivity index (χ2n) is 13.1. The number of esters is 2. The number of fused-ring (bicyclic) bond motifs is 6. The first-order chi connectivity index (χ1) is 20.5. The number of methoxy groups -OCH3 is 2. The summed E-state index contributed by atoms with van der Waals surface area (Å²) < 4.78 is 23.6. The zero-order valence-electron chi connectivity index (χ0n) is 24.2. The Morgan fingerprint density at radius 1 is 0.976 bits per heavy atom. The normalized spacial score (nSPS) is 30.1. The van der Waals surface area contributed by atoms with E-state index in [0.717, 1.165) is 90.5 Å². The molecule has 0 unspecified atom stereocenters. The van der Waals surface area contributed by atoms with Crippen molar-refractivity contribution in [2.45, 2.75) is 107 Å². The Bertz CT molecular complexity index is 1520. The molecule has 6 fully saturated rings. The van der Waals surface area contributed by atoms with Gasteiger partial charge in [0.2, 0.25) is 0 Å². The first-order valence-electron chi connectivity index (χ1n) is 15.5. The maximum absolute atomic E-state index is 13.9. The molecule has 222 valence electrons. The van der Waals surface area contributed by atoms with Crippen molar-refractivity contribution in [2.75, 3.05) is 19.1 Å². The number of piperidine rings is 1. The summed E-state index contributed by atoms with van der Waals surface area (Å²) in [6, 6.07) is 4.12. The van der Waals surface area contributed by atoms with Crippen molar-refractivity contribution in [3.63, 3.8) is 0 Å². The van der Waals surface area contributed by atoms with Gasteiger partial charge in [0.15, 0.2) is 10.9 Å². The number of aromatic nitrogens is 2. The van der Waals surface area contributed by atoms with Gasteiger partial charge in [0.25, 0.3) is 0 Å². The summed E-state index contributed by atoms with van der Waals surface area (Å²) in [5, 5.41) is 5.54. The second kappa shape index (κ2) is 9.96. The van der Waals surface area contributed by atoms with Crippen molar-refractivity contribution in [2.24, 2.45) is 5.92 Å². The van der Waals surface area contributed by atoms with Gasteiger partial charge in [-0.2, -0.15) is 0 Å². The molecule has 4 aliphatic carbocycles. The highest BCUT2D eigenvalue weighted by Crippen LogP contribution is 2.54. The number of carbonyl (C=O) groups is 2. The Morgan fingerprint density at radius 2 is 1.69 bits per heavy atom. The second-order valence-corrected chi connectivity index (χ2v) is 14.1. The Labute approximate surface area is 248 Å². The zero-order chi connectivity index (χ0) is 28.6. The number of benzene rings is 1. The lowest BCUT2D eigenvalue weighted by Gasteiger charge is -2.45. The largest absolute Gasteiger partial charge is 0.496 e. The van der Waals surface area contributed by atoms with E-state index in [0.29, 0.717) is 22.8 Å². The van der Waals surface area contributed by atoms with Crippen LogP contribution in [0.4, 0.5) is 5.13 Å². The van der Waals surface area contributed by atoms with Crippen LogP contribution < -0.4 is 9.64 Å². The maximum atomic E-state index is 13.9. The van der Waals surface area contributed by atoms with E-state index in [4.69, 9.17) is 23.7 Å². The molecule has 3 aromatic rings. The average molecular weight is 592 g/mol. The smallest absolute Gasteiger partial charge is 0.344 e. The number of hydrogen-bond acceptors (Lipinski definition) is 10. The summed E-state index contributed by atoms with van der Waals surface area (Å²) >= 11 is 1.58. The van der Waals surface area contributed by atoms with Gasteiger partial charge in [0.05, 0.1) is 24.4 Å². The van der Waals surface area contributed by atoms with Crippen LogP contribution in [0, 0.1) is 5.92 Å². The van der Waals surface area contributed by atoms with E-state index in [-0.39, 0.29) is 29.6 Å². The standard InChI is InChI=1S/C32H37N3O6S/c1-38-24-16-23-25(15-22(24)29(36)39-2)42-31(33-23)35-19-5-6-20(35)14-21(13-19)40-30(37)26-27(18-3-4-18)41-34-28(26)32-10-7-17(8-11-32)9-12-32/h15-21H,3-14H2,1-2H3/t17?,19-,20+,21-,32?. The van der Waals surface area contributed by atoms with E-state index in [1.54, 1.807) is 18.4 Å². The summed E-state index contributed by atoms with van der Waals surface area (Å²) in [5.41, 5.74) is 2.73. The Morgan fingerprint density at radius 3 is 2.33 bits per heavy atom. The molecule has 0 radical (unpaired) electrons. The minimum Gasteiger partial charge on any atom is -0.496 e. The number of thiazole rings is 1. The van der Waals surface area contributed by atoms with Gasteiger partial charge in [0, 0.05) is 42.3 Å². The van der Waals surface area contributed by atoms with Crippen LogP contribution in [0.1, 0.15) is 115 Å². The highest BCUT2D eigenvalue weighted by molar-refractivity contribution is 7.22. The molecule has 4 bridgehead atoms. The highest BCUT2D eigenvalue weighted by atomic mass is 32.1. The van der Waals surface area contributed by atoms with Crippen LogP contribution in [-0.2, 0) is 14.9 Å². The summed E-state index contributed by atoms with van der Waals surface area (Å²) in [5.74, 6) is 1.72. The molecule has 1 aromatic carbocycles. The van der Waals surface area contributed by atoms with E-state index < -0.39 is 5.97 Å². The predicted octanol–water partition coefficient (Wildman–Crippen LogP) is 6.54. The monoisotopic (exact) mass is 591 g/mol. The van der Waals surface area contributed by atoms with Gasteiger partial charge in [-0.05, 0) is 76.2 Å². The first-order valence-corrected chi connectivity index (χ1v) is 16.3. The summed E-state index contributed by atoms with van der Waals surface area (Å²) in [6.45, 7) is 0. The van der Waals surface area contributed by atoms with Crippen LogP contribution in [-0.4, -0.2) is 54.5 Å². The van der Waals surface area contributed by atoms with E-state index >= 15 is 0 Å². The van der Waals surface area contributed by atoms with Crippen LogP contribution in [0.5, 0.6) is 5.75 Å². The minimum atomic E-state index is -0.428. The van der Waals surface area contributed by atoms with Gasteiger partial charge >= 0.3 is 11.9 Å². The molecular weight excluding hydrogens is 554 g/mol. The fraction of sp³-hybridized carbons (Fsp3) is 0.625. The summed E-state index contributed by atoms with van der Waals surface area (Å²) in [7, 11) is 2.91. The molecule has 4 saturated carbocycles. The number of hydrogen-bond donors (Lipinski definition) is 0. The minimum absolute atomic E-state index is 0.0224.